The second kappa shape index (κ2) is 8.55. The van der Waals surface area contributed by atoms with E-state index in [0.717, 1.165) is 5.56 Å². The van der Waals surface area contributed by atoms with Crippen LogP contribution in [-0.2, 0) is 6.54 Å². The molecule has 2 amide bonds. The molecular formula is C21H21N5O3. The second-order valence-electron chi connectivity index (χ2n) is 6.69. The standard InChI is InChI=1S/C21H21N5O3/c27-20(22-14-16-5-2-1-3-6-16)17-13-19(24-15-23-17)25-8-10-26(11-9-25)21(28)18-7-4-12-29-18/h1-7,12-13,15H,8-11,14H2,(H,22,27). The Balaban J connectivity index is 1.35. The van der Waals surface area contributed by atoms with Gasteiger partial charge in [-0.25, -0.2) is 9.97 Å². The summed E-state index contributed by atoms with van der Waals surface area (Å²) < 4.78 is 5.19. The van der Waals surface area contributed by atoms with Crippen molar-refractivity contribution in [3.8, 4) is 0 Å². The Morgan fingerprint density at radius 3 is 2.52 bits per heavy atom. The van der Waals surface area contributed by atoms with Gasteiger partial charge in [0.2, 0.25) is 0 Å². The van der Waals surface area contributed by atoms with Crippen molar-refractivity contribution < 1.29 is 14.0 Å². The van der Waals surface area contributed by atoms with E-state index in [0.29, 0.717) is 50.0 Å². The summed E-state index contributed by atoms with van der Waals surface area (Å²) in [5.41, 5.74) is 1.34. The van der Waals surface area contributed by atoms with Crippen LogP contribution in [0, 0.1) is 0 Å². The van der Waals surface area contributed by atoms with E-state index >= 15 is 0 Å². The minimum absolute atomic E-state index is 0.113. The highest BCUT2D eigenvalue weighted by Gasteiger charge is 2.24. The summed E-state index contributed by atoms with van der Waals surface area (Å²) in [6.07, 6.45) is 2.89. The molecule has 1 saturated heterocycles. The van der Waals surface area contributed by atoms with Crippen molar-refractivity contribution in [1.82, 2.24) is 20.2 Å². The van der Waals surface area contributed by atoms with Crippen LogP contribution in [0.5, 0.6) is 0 Å². The Morgan fingerprint density at radius 2 is 1.79 bits per heavy atom. The van der Waals surface area contributed by atoms with E-state index in [1.807, 2.05) is 35.2 Å². The number of nitrogens with one attached hydrogen (secondary N) is 1. The highest BCUT2D eigenvalue weighted by atomic mass is 16.3. The van der Waals surface area contributed by atoms with Crippen molar-refractivity contribution in [3.63, 3.8) is 0 Å². The maximum Gasteiger partial charge on any atom is 0.289 e. The molecule has 1 aliphatic heterocycles. The van der Waals surface area contributed by atoms with Crippen molar-refractivity contribution >= 4 is 17.6 Å². The predicted molar refractivity (Wildman–Crippen MR) is 106 cm³/mol. The molecule has 1 N–H and O–H groups in total. The zero-order chi connectivity index (χ0) is 20.1. The Hall–Kier alpha value is -3.68. The summed E-state index contributed by atoms with van der Waals surface area (Å²) in [7, 11) is 0. The van der Waals surface area contributed by atoms with Crippen molar-refractivity contribution in [2.45, 2.75) is 6.54 Å². The van der Waals surface area contributed by atoms with Gasteiger partial charge in [0, 0.05) is 38.8 Å². The lowest BCUT2D eigenvalue weighted by molar-refractivity contribution is 0.0714. The summed E-state index contributed by atoms with van der Waals surface area (Å²) in [6.45, 7) is 2.79. The summed E-state index contributed by atoms with van der Waals surface area (Å²) in [5, 5.41) is 2.87. The van der Waals surface area contributed by atoms with Crippen LogP contribution in [0.25, 0.3) is 0 Å². The molecular weight excluding hydrogens is 370 g/mol. The maximum atomic E-state index is 12.4. The number of aromatic nitrogens is 2. The maximum absolute atomic E-state index is 12.4. The fraction of sp³-hybridized carbons (Fsp3) is 0.238. The van der Waals surface area contributed by atoms with E-state index in [1.165, 1.54) is 12.6 Å². The van der Waals surface area contributed by atoms with E-state index in [-0.39, 0.29) is 11.8 Å². The first-order valence-corrected chi connectivity index (χ1v) is 9.42. The molecule has 148 valence electrons. The van der Waals surface area contributed by atoms with E-state index < -0.39 is 0 Å². The fourth-order valence-electron chi connectivity index (χ4n) is 3.21. The van der Waals surface area contributed by atoms with Gasteiger partial charge in [-0.3, -0.25) is 9.59 Å². The van der Waals surface area contributed by atoms with Crippen LogP contribution in [0.1, 0.15) is 26.6 Å². The molecule has 8 heteroatoms. The molecule has 1 aromatic carbocycles. The highest BCUT2D eigenvalue weighted by Crippen LogP contribution is 2.16. The number of hydrogen-bond acceptors (Lipinski definition) is 6. The number of piperazine rings is 1. The quantitative estimate of drug-likeness (QED) is 0.715. The molecule has 0 saturated carbocycles. The number of carbonyl (C=O) groups is 2. The number of carbonyl (C=O) groups excluding carboxylic acids is 2. The third kappa shape index (κ3) is 4.43. The van der Waals surface area contributed by atoms with E-state index in [9.17, 15) is 9.59 Å². The topological polar surface area (TPSA) is 91.6 Å². The largest absolute Gasteiger partial charge is 0.459 e. The van der Waals surface area contributed by atoms with Gasteiger partial charge in [-0.15, -0.1) is 0 Å². The van der Waals surface area contributed by atoms with Crippen molar-refractivity contribution in [2.75, 3.05) is 31.1 Å². The number of anilines is 1. The minimum Gasteiger partial charge on any atom is -0.459 e. The van der Waals surface area contributed by atoms with Crippen LogP contribution < -0.4 is 10.2 Å². The highest BCUT2D eigenvalue weighted by molar-refractivity contribution is 5.93. The van der Waals surface area contributed by atoms with Gasteiger partial charge < -0.3 is 19.5 Å². The van der Waals surface area contributed by atoms with E-state index in [1.54, 1.807) is 23.1 Å². The van der Waals surface area contributed by atoms with Gasteiger partial charge in [0.15, 0.2) is 5.76 Å². The van der Waals surface area contributed by atoms with Crippen LogP contribution in [0.2, 0.25) is 0 Å². The normalized spacial score (nSPS) is 13.9. The van der Waals surface area contributed by atoms with Gasteiger partial charge in [-0.1, -0.05) is 30.3 Å². The van der Waals surface area contributed by atoms with Crippen LogP contribution in [0.4, 0.5) is 5.82 Å². The lowest BCUT2D eigenvalue weighted by Gasteiger charge is -2.35. The van der Waals surface area contributed by atoms with Gasteiger partial charge in [-0.05, 0) is 17.7 Å². The molecule has 1 aliphatic rings. The number of nitrogens with zero attached hydrogens (tertiary/aromatic N) is 4. The molecule has 0 bridgehead atoms. The predicted octanol–water partition coefficient (Wildman–Crippen LogP) is 1.96. The number of furan rings is 1. The summed E-state index contributed by atoms with van der Waals surface area (Å²) >= 11 is 0. The van der Waals surface area contributed by atoms with Crippen LogP contribution in [0.3, 0.4) is 0 Å². The molecule has 2 aromatic heterocycles. The molecule has 8 nitrogen and oxygen atoms in total. The number of benzene rings is 1. The fourth-order valence-corrected chi connectivity index (χ4v) is 3.21. The third-order valence-corrected chi connectivity index (χ3v) is 4.80. The molecule has 0 atom stereocenters. The number of amides is 2. The van der Waals surface area contributed by atoms with Crippen LogP contribution in [-0.4, -0.2) is 52.9 Å². The Bertz CT molecular complexity index is 967. The summed E-state index contributed by atoms with van der Waals surface area (Å²) in [6, 6.07) is 14.8. The number of hydrogen-bond donors (Lipinski definition) is 1. The van der Waals surface area contributed by atoms with Crippen LogP contribution >= 0.6 is 0 Å². The zero-order valence-electron chi connectivity index (χ0n) is 15.8. The molecule has 3 heterocycles. The Kier molecular flexibility index (Phi) is 5.51. The first-order valence-electron chi connectivity index (χ1n) is 9.42. The molecule has 4 rings (SSSR count). The smallest absolute Gasteiger partial charge is 0.289 e. The van der Waals surface area contributed by atoms with Crippen molar-refractivity contribution in [2.24, 2.45) is 0 Å². The summed E-state index contributed by atoms with van der Waals surface area (Å²) in [4.78, 5) is 37.0. The first-order chi connectivity index (χ1) is 14.2. The lowest BCUT2D eigenvalue weighted by atomic mass is 10.2. The Morgan fingerprint density at radius 1 is 1.00 bits per heavy atom. The molecule has 3 aromatic rings. The van der Waals surface area contributed by atoms with Gasteiger partial charge >= 0.3 is 0 Å². The van der Waals surface area contributed by atoms with Crippen LogP contribution in [0.15, 0.2) is 65.5 Å². The Labute approximate surface area is 168 Å². The molecule has 1 fully saturated rings. The van der Waals surface area contributed by atoms with Gasteiger partial charge in [-0.2, -0.15) is 0 Å². The molecule has 0 radical (unpaired) electrons. The van der Waals surface area contributed by atoms with E-state index in [2.05, 4.69) is 15.3 Å². The van der Waals surface area contributed by atoms with E-state index in [4.69, 9.17) is 4.42 Å². The van der Waals surface area contributed by atoms with Crippen molar-refractivity contribution in [3.05, 3.63) is 78.1 Å². The number of rotatable bonds is 5. The van der Waals surface area contributed by atoms with Gasteiger partial charge in [0.25, 0.3) is 11.8 Å². The summed E-state index contributed by atoms with van der Waals surface area (Å²) in [5.74, 6) is 0.662. The molecule has 29 heavy (non-hydrogen) atoms. The second-order valence-corrected chi connectivity index (χ2v) is 6.69. The molecule has 0 spiro atoms. The van der Waals surface area contributed by atoms with Gasteiger partial charge in [0.1, 0.15) is 17.8 Å². The third-order valence-electron chi connectivity index (χ3n) is 4.80. The monoisotopic (exact) mass is 391 g/mol. The average molecular weight is 391 g/mol. The lowest BCUT2D eigenvalue weighted by Crippen LogP contribution is -2.49. The average Bonchev–Trinajstić information content (AvgIpc) is 3.33. The SMILES string of the molecule is O=C(NCc1ccccc1)c1cc(N2CCN(C(=O)c3ccco3)CC2)ncn1. The molecule has 0 unspecified atom stereocenters. The molecule has 0 aliphatic carbocycles. The van der Waals surface area contributed by atoms with Crippen molar-refractivity contribution in [1.29, 1.82) is 0 Å². The minimum atomic E-state index is -0.246. The van der Waals surface area contributed by atoms with Gasteiger partial charge in [0.05, 0.1) is 6.26 Å². The zero-order valence-corrected chi connectivity index (χ0v) is 15.8. The first kappa shape index (κ1) is 18.7.